The molecule has 2 heteroatoms. The van der Waals surface area contributed by atoms with Crippen LogP contribution in [0, 0.1) is 5.82 Å². The molecule has 0 radical (unpaired) electrons. The molecule has 1 aromatic rings. The molecule has 80 valence electrons. The van der Waals surface area contributed by atoms with Crippen molar-refractivity contribution in [2.45, 2.75) is 31.1 Å². The molecule has 0 nitrogen and oxygen atoms in total. The first kappa shape index (κ1) is 10.7. The van der Waals surface area contributed by atoms with Crippen LogP contribution >= 0.6 is 11.6 Å². The minimum atomic E-state index is -0.185. The molecular weight excluding hydrogens is 211 g/mol. The van der Waals surface area contributed by atoms with Crippen LogP contribution in [0.5, 0.6) is 0 Å². The van der Waals surface area contributed by atoms with Gasteiger partial charge in [0.05, 0.1) is 5.38 Å². The minimum Gasteiger partial charge on any atom is -0.207 e. The van der Waals surface area contributed by atoms with E-state index in [2.05, 4.69) is 6.08 Å². The topological polar surface area (TPSA) is 0 Å². The van der Waals surface area contributed by atoms with Crippen LogP contribution in [0.2, 0.25) is 0 Å². The monoisotopic (exact) mass is 224 g/mol. The maximum atomic E-state index is 12.8. The molecule has 0 amide bonds. The Kier molecular flexibility index (Phi) is 3.42. The number of rotatable bonds is 1. The third-order valence-electron chi connectivity index (χ3n) is 2.77. The fourth-order valence-corrected chi connectivity index (χ4v) is 2.25. The van der Waals surface area contributed by atoms with E-state index >= 15 is 0 Å². The number of halogens is 2. The summed E-state index contributed by atoms with van der Waals surface area (Å²) in [5.74, 6) is -0.185. The molecule has 1 aromatic carbocycles. The Morgan fingerprint density at radius 1 is 1.13 bits per heavy atom. The third kappa shape index (κ3) is 2.82. The van der Waals surface area contributed by atoms with E-state index in [0.29, 0.717) is 0 Å². The molecule has 0 heterocycles. The first-order valence-corrected chi connectivity index (χ1v) is 5.80. The van der Waals surface area contributed by atoms with E-state index in [4.69, 9.17) is 11.6 Å². The molecule has 0 saturated heterocycles. The zero-order valence-electron chi connectivity index (χ0n) is 8.55. The highest BCUT2D eigenvalue weighted by Crippen LogP contribution is 2.28. The van der Waals surface area contributed by atoms with Gasteiger partial charge >= 0.3 is 0 Å². The first-order chi connectivity index (χ1) is 7.25. The maximum Gasteiger partial charge on any atom is 0.123 e. The molecule has 15 heavy (non-hydrogen) atoms. The van der Waals surface area contributed by atoms with Crippen LogP contribution in [0.1, 0.15) is 31.2 Å². The molecule has 1 aliphatic carbocycles. The fourth-order valence-electron chi connectivity index (χ4n) is 1.94. The second-order valence-corrected chi connectivity index (χ2v) is 4.52. The Bertz CT molecular complexity index is 353. The molecule has 0 aliphatic heterocycles. The van der Waals surface area contributed by atoms with Gasteiger partial charge in [0.15, 0.2) is 0 Å². The lowest BCUT2D eigenvalue weighted by molar-refractivity contribution is 0.627. The molecule has 0 aromatic heterocycles. The molecule has 1 aliphatic rings. The van der Waals surface area contributed by atoms with Crippen LogP contribution < -0.4 is 0 Å². The summed E-state index contributed by atoms with van der Waals surface area (Å²) in [5, 5.41) is 0.132. The van der Waals surface area contributed by atoms with Crippen molar-refractivity contribution in [3.8, 4) is 0 Å². The average molecular weight is 225 g/mol. The van der Waals surface area contributed by atoms with Gasteiger partial charge in [-0.25, -0.2) is 4.39 Å². The van der Waals surface area contributed by atoms with Gasteiger partial charge in [-0.3, -0.25) is 0 Å². The summed E-state index contributed by atoms with van der Waals surface area (Å²) in [6.45, 7) is 0. The first-order valence-electron chi connectivity index (χ1n) is 5.36. The van der Waals surface area contributed by atoms with Crippen LogP contribution in [-0.4, -0.2) is 5.38 Å². The molecular formula is C13H14ClF. The van der Waals surface area contributed by atoms with Crippen LogP contribution in [-0.2, 0) is 0 Å². The Balaban J connectivity index is 2.24. The molecule has 0 bridgehead atoms. The maximum absolute atomic E-state index is 12.8. The second-order valence-electron chi connectivity index (χ2n) is 3.96. The summed E-state index contributed by atoms with van der Waals surface area (Å²) < 4.78 is 12.8. The van der Waals surface area contributed by atoms with Crippen molar-refractivity contribution in [3.05, 3.63) is 41.7 Å². The lowest BCUT2D eigenvalue weighted by atomic mass is 10.0. The van der Waals surface area contributed by atoms with Crippen molar-refractivity contribution < 1.29 is 4.39 Å². The molecule has 1 unspecified atom stereocenters. The van der Waals surface area contributed by atoms with E-state index in [-0.39, 0.29) is 11.2 Å². The predicted molar refractivity (Wildman–Crippen MR) is 62.5 cm³/mol. The van der Waals surface area contributed by atoms with Gasteiger partial charge in [-0.1, -0.05) is 24.6 Å². The SMILES string of the molecule is Fc1ccc(C2=CC(Cl)CCCC2)cc1. The number of benzene rings is 1. The number of allylic oxidation sites excluding steroid dienone is 2. The van der Waals surface area contributed by atoms with Gasteiger partial charge in [-0.15, -0.1) is 11.6 Å². The molecule has 0 spiro atoms. The van der Waals surface area contributed by atoms with Crippen molar-refractivity contribution in [2.75, 3.05) is 0 Å². The summed E-state index contributed by atoms with van der Waals surface area (Å²) in [4.78, 5) is 0. The van der Waals surface area contributed by atoms with Crippen LogP contribution in [0.15, 0.2) is 30.3 Å². The van der Waals surface area contributed by atoms with E-state index in [0.717, 1.165) is 18.4 Å². The fraction of sp³-hybridized carbons (Fsp3) is 0.385. The average Bonchev–Trinajstić information content (AvgIpc) is 2.44. The molecule has 0 fully saturated rings. The van der Waals surface area contributed by atoms with Gasteiger partial charge in [0.1, 0.15) is 5.82 Å². The normalized spacial score (nSPS) is 22.0. The van der Waals surface area contributed by atoms with Gasteiger partial charge in [0.2, 0.25) is 0 Å². The van der Waals surface area contributed by atoms with Gasteiger partial charge < -0.3 is 0 Å². The summed E-state index contributed by atoms with van der Waals surface area (Å²) in [7, 11) is 0. The lowest BCUT2D eigenvalue weighted by Gasteiger charge is -2.05. The lowest BCUT2D eigenvalue weighted by Crippen LogP contribution is -1.91. The van der Waals surface area contributed by atoms with Gasteiger partial charge in [0.25, 0.3) is 0 Å². The molecule has 0 N–H and O–H groups in total. The Morgan fingerprint density at radius 2 is 1.87 bits per heavy atom. The Morgan fingerprint density at radius 3 is 2.60 bits per heavy atom. The highest BCUT2D eigenvalue weighted by Gasteiger charge is 2.10. The minimum absolute atomic E-state index is 0.132. The quantitative estimate of drug-likeness (QED) is 0.621. The van der Waals surface area contributed by atoms with Gasteiger partial charge in [-0.05, 0) is 42.5 Å². The smallest absolute Gasteiger partial charge is 0.123 e. The molecule has 1 atom stereocenters. The largest absolute Gasteiger partial charge is 0.207 e. The highest BCUT2D eigenvalue weighted by atomic mass is 35.5. The van der Waals surface area contributed by atoms with E-state index in [1.54, 1.807) is 0 Å². The second kappa shape index (κ2) is 4.80. The van der Waals surface area contributed by atoms with Crippen molar-refractivity contribution in [1.29, 1.82) is 0 Å². The van der Waals surface area contributed by atoms with Crippen molar-refractivity contribution in [3.63, 3.8) is 0 Å². The summed E-state index contributed by atoms with van der Waals surface area (Å²) in [6.07, 6.45) is 6.56. The number of hydrogen-bond acceptors (Lipinski definition) is 0. The number of hydrogen-bond donors (Lipinski definition) is 0. The number of alkyl halides is 1. The molecule has 2 rings (SSSR count). The standard InChI is InChI=1S/C13H14ClF/c14-12-4-2-1-3-11(9-12)10-5-7-13(15)8-6-10/h5-9,12H,1-4H2. The summed E-state index contributed by atoms with van der Waals surface area (Å²) in [5.41, 5.74) is 2.36. The predicted octanol–water partition coefficient (Wildman–Crippen LogP) is 4.39. The van der Waals surface area contributed by atoms with E-state index in [1.807, 2.05) is 12.1 Å². The van der Waals surface area contributed by atoms with Gasteiger partial charge in [0, 0.05) is 0 Å². The summed E-state index contributed by atoms with van der Waals surface area (Å²) in [6, 6.07) is 6.67. The zero-order chi connectivity index (χ0) is 10.7. The summed E-state index contributed by atoms with van der Waals surface area (Å²) >= 11 is 6.15. The third-order valence-corrected chi connectivity index (χ3v) is 3.12. The van der Waals surface area contributed by atoms with Crippen molar-refractivity contribution >= 4 is 17.2 Å². The Labute approximate surface area is 94.8 Å². The highest BCUT2D eigenvalue weighted by molar-refractivity contribution is 6.22. The van der Waals surface area contributed by atoms with Crippen LogP contribution in [0.3, 0.4) is 0 Å². The van der Waals surface area contributed by atoms with E-state index in [9.17, 15) is 4.39 Å². The van der Waals surface area contributed by atoms with Gasteiger partial charge in [-0.2, -0.15) is 0 Å². The van der Waals surface area contributed by atoms with E-state index < -0.39 is 0 Å². The Hall–Kier alpha value is -0.820. The van der Waals surface area contributed by atoms with Crippen molar-refractivity contribution in [2.24, 2.45) is 0 Å². The zero-order valence-corrected chi connectivity index (χ0v) is 9.30. The van der Waals surface area contributed by atoms with Crippen LogP contribution in [0.25, 0.3) is 5.57 Å². The van der Waals surface area contributed by atoms with Crippen molar-refractivity contribution in [1.82, 2.24) is 0 Å². The molecule has 0 saturated carbocycles. The van der Waals surface area contributed by atoms with Crippen LogP contribution in [0.4, 0.5) is 4.39 Å². The van der Waals surface area contributed by atoms with E-state index in [1.165, 1.54) is 30.5 Å².